The molecule has 3 unspecified atom stereocenters. The van der Waals surface area contributed by atoms with Crippen LogP contribution in [0.4, 0.5) is 10.9 Å². The van der Waals surface area contributed by atoms with Crippen molar-refractivity contribution in [1.82, 2.24) is 40.3 Å². The summed E-state index contributed by atoms with van der Waals surface area (Å²) < 4.78 is 3.32. The summed E-state index contributed by atoms with van der Waals surface area (Å²) in [7, 11) is 1.98. The molecule has 1 saturated heterocycles. The summed E-state index contributed by atoms with van der Waals surface area (Å²) >= 11 is 3.20. The van der Waals surface area contributed by atoms with E-state index in [1.165, 1.54) is 141 Å². The van der Waals surface area contributed by atoms with Crippen LogP contribution in [0, 0.1) is 61.2 Å². The molecule has 494 valence electrons. The number of carbonyl (C=O) groups excluding carboxylic acids is 1. The number of likely N-dealkylation sites (tertiary alicyclic amines) is 1. The largest absolute Gasteiger partial charge is 0.405 e. The maximum atomic E-state index is 13.8. The SMILES string of the molecule is C#C.C=C(CC(C)(C)C)N1CCC(C)C1.C=C(NCCCCCCCCCC)c1nc(N2CCc3cccc(C(=O)Nc4nc5ccccc5s4)c3C2)ccc1-c1cnn(CC2(C)CC3CCC(C2)C3C)c1C.C=CN.CN[C@@H](C)c1ccc(-c2scnc2C)cc1. The molecule has 4 atom stereocenters. The van der Waals surface area contributed by atoms with Gasteiger partial charge in [-0.25, -0.2) is 15.0 Å². The van der Waals surface area contributed by atoms with E-state index in [0.717, 1.165) is 112 Å². The maximum absolute atomic E-state index is 13.8. The van der Waals surface area contributed by atoms with Gasteiger partial charge in [0.1, 0.15) is 5.82 Å². The molecule has 14 heteroatoms. The van der Waals surface area contributed by atoms with Crippen molar-refractivity contribution in [2.75, 3.05) is 43.4 Å². The van der Waals surface area contributed by atoms with Gasteiger partial charge in [0, 0.05) is 73.4 Å². The van der Waals surface area contributed by atoms with Gasteiger partial charge in [-0.3, -0.25) is 14.8 Å². The van der Waals surface area contributed by atoms with Crippen molar-refractivity contribution < 1.29 is 4.79 Å². The number of nitrogens with one attached hydrogen (secondary N) is 3. The van der Waals surface area contributed by atoms with Gasteiger partial charge >= 0.3 is 0 Å². The molecule has 2 saturated carbocycles. The number of pyridine rings is 1. The minimum atomic E-state index is -0.128. The number of nitrogens with zero attached hydrogens (tertiary/aromatic N) is 7. The van der Waals surface area contributed by atoms with Gasteiger partial charge in [0.15, 0.2) is 5.13 Å². The molecule has 3 aromatic carbocycles. The number of benzene rings is 3. The van der Waals surface area contributed by atoms with Crippen LogP contribution in [0.5, 0.6) is 0 Å². The number of unbranched alkanes of at least 4 members (excludes halogenated alkanes) is 7. The van der Waals surface area contributed by atoms with Gasteiger partial charge in [0.2, 0.25) is 0 Å². The van der Waals surface area contributed by atoms with E-state index in [0.29, 0.717) is 28.7 Å². The van der Waals surface area contributed by atoms with Crippen molar-refractivity contribution in [1.29, 1.82) is 0 Å². The Morgan fingerprint density at radius 1 is 0.880 bits per heavy atom. The van der Waals surface area contributed by atoms with Crippen LogP contribution in [-0.2, 0) is 19.5 Å². The second kappa shape index (κ2) is 34.7. The molecule has 2 bridgehead atoms. The first kappa shape index (κ1) is 72.4. The highest BCUT2D eigenvalue weighted by atomic mass is 32.1. The molecule has 11 rings (SSSR count). The van der Waals surface area contributed by atoms with Crippen LogP contribution >= 0.6 is 22.7 Å². The highest BCUT2D eigenvalue weighted by molar-refractivity contribution is 7.22. The molecule has 12 nitrogen and oxygen atoms in total. The molecule has 1 amide bonds. The second-order valence-corrected chi connectivity index (χ2v) is 29.6. The van der Waals surface area contributed by atoms with Gasteiger partial charge in [-0.2, -0.15) is 5.10 Å². The zero-order valence-corrected chi connectivity index (χ0v) is 59.3. The summed E-state index contributed by atoms with van der Waals surface area (Å²) in [5, 5.41) is 15.7. The number of fused-ring (bicyclic) bond motifs is 4. The maximum Gasteiger partial charge on any atom is 0.257 e. The quantitative estimate of drug-likeness (QED) is 0.0383. The van der Waals surface area contributed by atoms with Crippen molar-refractivity contribution in [2.45, 2.75) is 185 Å². The molecule has 2 aliphatic heterocycles. The molecule has 7 aromatic rings. The number of nitrogens with two attached hydrogens (primary N) is 1. The van der Waals surface area contributed by atoms with Crippen molar-refractivity contribution in [2.24, 2.45) is 40.2 Å². The fourth-order valence-electron chi connectivity index (χ4n) is 14.0. The van der Waals surface area contributed by atoms with Gasteiger partial charge < -0.3 is 26.2 Å². The first-order chi connectivity index (χ1) is 44.2. The lowest BCUT2D eigenvalue weighted by molar-refractivity contribution is 0.0804. The van der Waals surface area contributed by atoms with Gasteiger partial charge in [-0.1, -0.05) is 173 Å². The van der Waals surface area contributed by atoms with Crippen LogP contribution in [0.1, 0.15) is 195 Å². The van der Waals surface area contributed by atoms with Crippen LogP contribution in [-0.4, -0.2) is 68.8 Å². The average Bonchev–Trinajstić information content (AvgIpc) is 1.43. The summed E-state index contributed by atoms with van der Waals surface area (Å²) in [6, 6.07) is 27.5. The summed E-state index contributed by atoms with van der Waals surface area (Å²) in [5.41, 5.74) is 21.1. The number of para-hydroxylation sites is 1. The topological polar surface area (TPSA) is 142 Å². The number of amides is 1. The van der Waals surface area contributed by atoms with E-state index < -0.39 is 0 Å². The van der Waals surface area contributed by atoms with Crippen LogP contribution in [0.2, 0.25) is 0 Å². The van der Waals surface area contributed by atoms with E-state index in [4.69, 9.17) is 10.1 Å². The standard InChI is InChI=1S/C49H63N7OS.C13H16N2S.C12H23N.C2H5N.C2H2/c1-6-7-8-9-10-11-12-15-26-50-34(3)46-39(41-30-51-56(35(41)4)32-49(5)28-37-21-22-38(29-49)33(37)2)23-24-45(53-46)55-27-25-36-17-16-18-40(42(36)31-55)47(57)54-48-52-43-19-13-14-20-44(43)58-48;1-9(14-3)11-4-6-12(7-5-11)13-10(2)15-8-16-13;1-10-6-7-13(9-10)11(2)8-12(3,4)5;1-2-3;1-2/h13-14,16-20,23-24,30,33,37-38,50H,3,6-12,15,21-22,25-29,31-32H2,1-2,4-5H3,(H,52,54,57);4-9,14H,1-3H3;10H,2,6-9H2,1,3-5H3;2H,1,3H2;1-2H/t;9-;;;/m.0.../s1. The number of carbonyl (C=O) groups is 1. The minimum Gasteiger partial charge on any atom is -0.405 e. The molecule has 3 fully saturated rings. The molecule has 0 radical (unpaired) electrons. The van der Waals surface area contributed by atoms with E-state index >= 15 is 0 Å². The smallest absolute Gasteiger partial charge is 0.257 e. The van der Waals surface area contributed by atoms with Gasteiger partial charge in [-0.05, 0) is 172 Å². The molecule has 4 aliphatic rings. The molecule has 5 N–H and O–H groups in total. The Bertz CT molecular complexity index is 3460. The monoisotopic (exact) mass is 1280 g/mol. The van der Waals surface area contributed by atoms with Crippen LogP contribution in [0.25, 0.3) is 37.5 Å². The van der Waals surface area contributed by atoms with Gasteiger partial charge in [0.25, 0.3) is 5.91 Å². The third-order valence-electron chi connectivity index (χ3n) is 19.2. The number of rotatable bonds is 22. The first-order valence-electron chi connectivity index (χ1n) is 34.0. The van der Waals surface area contributed by atoms with Gasteiger partial charge in [0.05, 0.1) is 43.9 Å². The molecular formula is C78H109N11OS2. The Hall–Kier alpha value is -7.05. The normalized spacial score (nSPS) is 19.1. The lowest BCUT2D eigenvalue weighted by Gasteiger charge is -2.41. The van der Waals surface area contributed by atoms with Crippen LogP contribution in [0.3, 0.4) is 0 Å². The van der Waals surface area contributed by atoms with Crippen molar-refractivity contribution in [3.05, 3.63) is 162 Å². The fourth-order valence-corrected chi connectivity index (χ4v) is 15.6. The van der Waals surface area contributed by atoms with E-state index in [1.54, 1.807) is 11.3 Å². The van der Waals surface area contributed by atoms with E-state index in [-0.39, 0.29) is 11.3 Å². The molecule has 0 spiro atoms. The Morgan fingerprint density at radius 3 is 2.20 bits per heavy atom. The van der Waals surface area contributed by atoms with Crippen LogP contribution in [0.15, 0.2) is 122 Å². The zero-order valence-electron chi connectivity index (χ0n) is 57.7. The molecule has 92 heavy (non-hydrogen) atoms. The van der Waals surface area contributed by atoms with E-state index in [1.807, 2.05) is 49.0 Å². The Kier molecular flexibility index (Phi) is 27.3. The number of anilines is 2. The highest BCUT2D eigenvalue weighted by Crippen LogP contribution is 2.54. The summed E-state index contributed by atoms with van der Waals surface area (Å²) in [5.74, 6) is 4.19. The van der Waals surface area contributed by atoms with Crippen molar-refractivity contribution >= 4 is 55.4 Å². The Balaban J connectivity index is 0.000000286. The number of terminal acetylenes is 1. The summed E-state index contributed by atoms with van der Waals surface area (Å²) in [6.07, 6.45) is 30.2. The minimum absolute atomic E-state index is 0.128. The number of hydrogen-bond acceptors (Lipinski definition) is 12. The Labute approximate surface area is 561 Å². The lowest BCUT2D eigenvalue weighted by Crippen LogP contribution is -2.35. The molecular weight excluding hydrogens is 1170 g/mol. The predicted molar refractivity (Wildman–Crippen MR) is 394 cm³/mol. The summed E-state index contributed by atoms with van der Waals surface area (Å²) in [6.45, 7) is 40.4. The number of hydrogen-bond donors (Lipinski definition) is 4. The lowest BCUT2D eigenvalue weighted by atomic mass is 9.66. The van der Waals surface area contributed by atoms with E-state index in [9.17, 15) is 4.79 Å². The number of aryl methyl sites for hydroxylation is 1. The number of thiazole rings is 2. The highest BCUT2D eigenvalue weighted by Gasteiger charge is 2.46. The van der Waals surface area contributed by atoms with Crippen molar-refractivity contribution in [3.63, 3.8) is 0 Å². The molecule has 4 aromatic heterocycles. The van der Waals surface area contributed by atoms with Gasteiger partial charge in [-0.15, -0.1) is 24.2 Å². The molecule has 2 aliphatic carbocycles. The number of allylic oxidation sites excluding steroid dienone is 1. The molecule has 6 heterocycles. The zero-order chi connectivity index (χ0) is 66.5. The predicted octanol–water partition coefficient (Wildman–Crippen LogP) is 18.9. The third kappa shape index (κ3) is 19.7. The Morgan fingerprint density at radius 2 is 1.57 bits per heavy atom. The van der Waals surface area contributed by atoms with Crippen molar-refractivity contribution in [3.8, 4) is 34.4 Å². The first-order valence-corrected chi connectivity index (χ1v) is 35.7. The van der Waals surface area contributed by atoms with Crippen LogP contribution < -0.4 is 26.6 Å². The second-order valence-electron chi connectivity index (χ2n) is 27.8. The number of aromatic nitrogens is 5. The fraction of sp³-hybridized carbons (Fsp3) is 0.500. The average molecular weight is 1280 g/mol. The van der Waals surface area contributed by atoms with E-state index in [2.05, 4.69) is 197 Å². The summed E-state index contributed by atoms with van der Waals surface area (Å²) in [4.78, 5) is 34.2. The third-order valence-corrected chi connectivity index (χ3v) is 21.1.